The fraction of sp³-hybridized carbons (Fsp3) is 0.250. The number of hydrogen-bond acceptors (Lipinski definition) is 2. The van der Waals surface area contributed by atoms with Gasteiger partial charge in [-0.1, -0.05) is 35.0 Å². The van der Waals surface area contributed by atoms with Gasteiger partial charge in [0.25, 0.3) is 0 Å². The molecule has 100 valence electrons. The van der Waals surface area contributed by atoms with Crippen LogP contribution >= 0.6 is 15.9 Å². The maximum Gasteiger partial charge on any atom is 0.120 e. The van der Waals surface area contributed by atoms with Crippen molar-refractivity contribution in [3.8, 4) is 11.5 Å². The summed E-state index contributed by atoms with van der Waals surface area (Å²) >= 11 is 3.53. The van der Waals surface area contributed by atoms with E-state index in [1.165, 1.54) is 5.56 Å². The first-order valence-electron chi connectivity index (χ1n) is 6.27. The molecule has 19 heavy (non-hydrogen) atoms. The molecule has 0 aliphatic rings. The Labute approximate surface area is 122 Å². The summed E-state index contributed by atoms with van der Waals surface area (Å²) in [6.07, 6.45) is 1.01. The molecule has 0 saturated heterocycles. The second-order valence-electron chi connectivity index (χ2n) is 4.25. The molecule has 0 spiro atoms. The molecule has 0 aliphatic carbocycles. The van der Waals surface area contributed by atoms with E-state index in [1.54, 1.807) is 7.11 Å². The van der Waals surface area contributed by atoms with E-state index in [4.69, 9.17) is 9.47 Å². The van der Waals surface area contributed by atoms with Gasteiger partial charge in [0.2, 0.25) is 0 Å². The first kappa shape index (κ1) is 13.9. The van der Waals surface area contributed by atoms with Crippen molar-refractivity contribution in [2.75, 3.05) is 7.11 Å². The number of ether oxygens (including phenoxy) is 2. The Morgan fingerprint density at radius 2 is 1.89 bits per heavy atom. The van der Waals surface area contributed by atoms with Gasteiger partial charge in [0.05, 0.1) is 7.11 Å². The predicted octanol–water partition coefficient (Wildman–Crippen LogP) is 4.60. The molecule has 2 rings (SSSR count). The van der Waals surface area contributed by atoms with Gasteiger partial charge in [-0.25, -0.2) is 0 Å². The molecule has 2 nitrogen and oxygen atoms in total. The predicted molar refractivity (Wildman–Crippen MR) is 80.8 cm³/mol. The standard InChI is InChI=1S/C16H17BrO2/c1-3-12-5-4-6-15(9-12)19-11-13-10-14(18-2)7-8-16(13)17/h4-10H,3,11H2,1-2H3. The topological polar surface area (TPSA) is 18.5 Å². The highest BCUT2D eigenvalue weighted by atomic mass is 79.9. The van der Waals surface area contributed by atoms with E-state index in [9.17, 15) is 0 Å². The third kappa shape index (κ3) is 3.74. The first-order chi connectivity index (χ1) is 9.22. The summed E-state index contributed by atoms with van der Waals surface area (Å²) in [6, 6.07) is 14.1. The molecule has 0 unspecified atom stereocenters. The van der Waals surface area contributed by atoms with Crippen LogP contribution in [-0.2, 0) is 13.0 Å². The lowest BCUT2D eigenvalue weighted by atomic mass is 10.1. The Morgan fingerprint density at radius 3 is 2.63 bits per heavy atom. The summed E-state index contributed by atoms with van der Waals surface area (Å²) in [5, 5.41) is 0. The third-order valence-corrected chi connectivity index (χ3v) is 3.73. The maximum atomic E-state index is 5.83. The second-order valence-corrected chi connectivity index (χ2v) is 5.10. The van der Waals surface area contributed by atoms with Crippen LogP contribution in [0.25, 0.3) is 0 Å². The SMILES string of the molecule is CCc1cccc(OCc2cc(OC)ccc2Br)c1. The van der Waals surface area contributed by atoms with Gasteiger partial charge < -0.3 is 9.47 Å². The van der Waals surface area contributed by atoms with Crippen LogP contribution in [0.4, 0.5) is 0 Å². The average Bonchev–Trinajstić information content (AvgIpc) is 2.46. The summed E-state index contributed by atoms with van der Waals surface area (Å²) in [6.45, 7) is 2.66. The van der Waals surface area contributed by atoms with E-state index < -0.39 is 0 Å². The zero-order valence-electron chi connectivity index (χ0n) is 11.2. The summed E-state index contributed by atoms with van der Waals surface area (Å²) in [5.74, 6) is 1.73. The lowest BCUT2D eigenvalue weighted by Crippen LogP contribution is -1.97. The second kappa shape index (κ2) is 6.62. The van der Waals surface area contributed by atoms with Gasteiger partial charge in [-0.05, 0) is 42.3 Å². The minimum absolute atomic E-state index is 0.519. The number of hydrogen-bond donors (Lipinski definition) is 0. The highest BCUT2D eigenvalue weighted by Crippen LogP contribution is 2.24. The molecule has 0 aliphatic heterocycles. The largest absolute Gasteiger partial charge is 0.497 e. The lowest BCUT2D eigenvalue weighted by molar-refractivity contribution is 0.304. The van der Waals surface area contributed by atoms with Gasteiger partial charge in [0.15, 0.2) is 0 Å². The minimum atomic E-state index is 0.519. The molecule has 0 radical (unpaired) electrons. The third-order valence-electron chi connectivity index (χ3n) is 2.95. The molecule has 0 fully saturated rings. The van der Waals surface area contributed by atoms with Crippen LogP contribution in [0.1, 0.15) is 18.1 Å². The average molecular weight is 321 g/mol. The molecule has 0 N–H and O–H groups in total. The van der Waals surface area contributed by atoms with Crippen molar-refractivity contribution in [2.45, 2.75) is 20.0 Å². The van der Waals surface area contributed by atoms with Crippen LogP contribution < -0.4 is 9.47 Å². The first-order valence-corrected chi connectivity index (χ1v) is 7.06. The molecule has 2 aromatic rings. The van der Waals surface area contributed by atoms with Crippen LogP contribution in [0, 0.1) is 0 Å². The molecule has 0 atom stereocenters. The van der Waals surface area contributed by atoms with Gasteiger partial charge in [-0.2, -0.15) is 0 Å². The van der Waals surface area contributed by atoms with E-state index >= 15 is 0 Å². The Bertz CT molecular complexity index is 552. The van der Waals surface area contributed by atoms with Crippen LogP contribution in [-0.4, -0.2) is 7.11 Å². The molecule has 2 aromatic carbocycles. The summed E-state index contributed by atoms with van der Waals surface area (Å²) in [5.41, 5.74) is 2.35. The molecule has 0 aromatic heterocycles. The summed E-state index contributed by atoms with van der Waals surface area (Å²) < 4.78 is 12.1. The van der Waals surface area contributed by atoms with Gasteiger partial charge in [-0.3, -0.25) is 0 Å². The van der Waals surface area contributed by atoms with Crippen LogP contribution in [0.2, 0.25) is 0 Å². The van der Waals surface area contributed by atoms with Crippen LogP contribution in [0.5, 0.6) is 11.5 Å². The highest BCUT2D eigenvalue weighted by Gasteiger charge is 2.04. The monoisotopic (exact) mass is 320 g/mol. The quantitative estimate of drug-likeness (QED) is 0.801. The molecule has 3 heteroatoms. The normalized spacial score (nSPS) is 10.3. The maximum absolute atomic E-state index is 5.83. The van der Waals surface area contributed by atoms with E-state index in [0.717, 1.165) is 28.0 Å². The minimum Gasteiger partial charge on any atom is -0.497 e. The van der Waals surface area contributed by atoms with Crippen molar-refractivity contribution < 1.29 is 9.47 Å². The van der Waals surface area contributed by atoms with E-state index in [0.29, 0.717) is 6.61 Å². The number of benzene rings is 2. The molecule has 0 amide bonds. The molecule has 0 bridgehead atoms. The van der Waals surface area contributed by atoms with Crippen molar-refractivity contribution in [1.82, 2.24) is 0 Å². The Morgan fingerprint density at radius 1 is 1.05 bits per heavy atom. The Kier molecular flexibility index (Phi) is 4.86. The van der Waals surface area contributed by atoms with Crippen molar-refractivity contribution >= 4 is 15.9 Å². The summed E-state index contributed by atoms with van der Waals surface area (Å²) in [7, 11) is 1.67. The van der Waals surface area contributed by atoms with Crippen molar-refractivity contribution in [1.29, 1.82) is 0 Å². The van der Waals surface area contributed by atoms with Crippen LogP contribution in [0.15, 0.2) is 46.9 Å². The smallest absolute Gasteiger partial charge is 0.120 e. The molecular weight excluding hydrogens is 304 g/mol. The van der Waals surface area contributed by atoms with Gasteiger partial charge in [0, 0.05) is 10.0 Å². The van der Waals surface area contributed by atoms with Gasteiger partial charge >= 0.3 is 0 Å². The number of methoxy groups -OCH3 is 1. The van der Waals surface area contributed by atoms with Crippen LogP contribution in [0.3, 0.4) is 0 Å². The zero-order valence-corrected chi connectivity index (χ0v) is 12.7. The van der Waals surface area contributed by atoms with Crippen molar-refractivity contribution in [3.05, 3.63) is 58.1 Å². The van der Waals surface area contributed by atoms with Crippen molar-refractivity contribution in [2.24, 2.45) is 0 Å². The number of rotatable bonds is 5. The van der Waals surface area contributed by atoms with E-state index in [-0.39, 0.29) is 0 Å². The Balaban J connectivity index is 2.09. The molecule has 0 saturated carbocycles. The van der Waals surface area contributed by atoms with Gasteiger partial charge in [0.1, 0.15) is 18.1 Å². The van der Waals surface area contributed by atoms with Crippen molar-refractivity contribution in [3.63, 3.8) is 0 Å². The van der Waals surface area contributed by atoms with Gasteiger partial charge in [-0.15, -0.1) is 0 Å². The zero-order chi connectivity index (χ0) is 13.7. The number of aryl methyl sites for hydroxylation is 1. The van der Waals surface area contributed by atoms with E-state index in [2.05, 4.69) is 35.0 Å². The number of halogens is 1. The Hall–Kier alpha value is -1.48. The lowest BCUT2D eigenvalue weighted by Gasteiger charge is -2.10. The fourth-order valence-corrected chi connectivity index (χ4v) is 2.17. The van der Waals surface area contributed by atoms with E-state index in [1.807, 2.05) is 30.3 Å². The molecular formula is C16H17BrO2. The molecule has 0 heterocycles. The highest BCUT2D eigenvalue weighted by molar-refractivity contribution is 9.10. The summed E-state index contributed by atoms with van der Waals surface area (Å²) in [4.78, 5) is 0. The fourth-order valence-electron chi connectivity index (χ4n) is 1.80.